The standard InChI is InChI=1S/C18H24FN3O2S/c1-21(25(23,24)17-4-5-17)12-14-6-8-22(9-7-14)13-16-3-2-15(11-20)10-18(16)19/h2-3,10,14,17H,4-9,12-13H2,1H3. The van der Waals surface area contributed by atoms with E-state index in [9.17, 15) is 12.8 Å². The summed E-state index contributed by atoms with van der Waals surface area (Å²) in [6.07, 6.45) is 3.42. The number of nitrogens with zero attached hydrogens (tertiary/aromatic N) is 3. The minimum Gasteiger partial charge on any atom is -0.299 e. The molecule has 0 spiro atoms. The van der Waals surface area contributed by atoms with Crippen LogP contribution in [0.25, 0.3) is 0 Å². The summed E-state index contributed by atoms with van der Waals surface area (Å²) < 4.78 is 40.0. The molecule has 1 aliphatic heterocycles. The van der Waals surface area contributed by atoms with Gasteiger partial charge in [0.15, 0.2) is 0 Å². The summed E-state index contributed by atoms with van der Waals surface area (Å²) in [6, 6.07) is 6.54. The molecule has 3 rings (SSSR count). The van der Waals surface area contributed by atoms with Crippen LogP contribution in [0.15, 0.2) is 18.2 Å². The highest BCUT2D eigenvalue weighted by molar-refractivity contribution is 7.90. The molecule has 1 aliphatic carbocycles. The molecule has 1 aromatic rings. The maximum atomic E-state index is 14.0. The van der Waals surface area contributed by atoms with E-state index >= 15 is 0 Å². The van der Waals surface area contributed by atoms with Gasteiger partial charge in [-0.3, -0.25) is 4.90 Å². The number of piperidine rings is 1. The fraction of sp³-hybridized carbons (Fsp3) is 0.611. The van der Waals surface area contributed by atoms with Gasteiger partial charge in [-0.1, -0.05) is 6.07 Å². The van der Waals surface area contributed by atoms with Crippen molar-refractivity contribution >= 4 is 10.0 Å². The van der Waals surface area contributed by atoms with Crippen molar-refractivity contribution in [3.63, 3.8) is 0 Å². The molecule has 5 nitrogen and oxygen atoms in total. The van der Waals surface area contributed by atoms with Gasteiger partial charge in [-0.15, -0.1) is 0 Å². The molecule has 2 aliphatic rings. The Hall–Kier alpha value is -1.49. The number of hydrogen-bond donors (Lipinski definition) is 0. The van der Waals surface area contributed by atoms with Gasteiger partial charge in [0.1, 0.15) is 5.82 Å². The number of nitriles is 1. The maximum absolute atomic E-state index is 14.0. The van der Waals surface area contributed by atoms with Gasteiger partial charge in [-0.2, -0.15) is 5.26 Å². The largest absolute Gasteiger partial charge is 0.299 e. The molecule has 136 valence electrons. The lowest BCUT2D eigenvalue weighted by atomic mass is 9.96. The molecule has 2 fully saturated rings. The quantitative estimate of drug-likeness (QED) is 0.776. The maximum Gasteiger partial charge on any atom is 0.216 e. The molecule has 1 saturated carbocycles. The predicted octanol–water partition coefficient (Wildman–Crippen LogP) is 2.33. The third-order valence-electron chi connectivity index (χ3n) is 5.18. The number of hydrogen-bond acceptors (Lipinski definition) is 4. The first kappa shape index (κ1) is 18.3. The van der Waals surface area contributed by atoms with Crippen molar-refractivity contribution in [1.29, 1.82) is 5.26 Å². The van der Waals surface area contributed by atoms with Crippen LogP contribution in [0.2, 0.25) is 0 Å². The average molecular weight is 365 g/mol. The molecule has 0 radical (unpaired) electrons. The Morgan fingerprint density at radius 3 is 2.52 bits per heavy atom. The van der Waals surface area contributed by atoms with Crippen LogP contribution in [0, 0.1) is 23.1 Å². The Bertz CT molecular complexity index is 763. The van der Waals surface area contributed by atoms with Crippen molar-refractivity contribution in [3.8, 4) is 6.07 Å². The Morgan fingerprint density at radius 1 is 1.28 bits per heavy atom. The summed E-state index contributed by atoms with van der Waals surface area (Å²) >= 11 is 0. The number of benzene rings is 1. The summed E-state index contributed by atoms with van der Waals surface area (Å²) in [4.78, 5) is 2.19. The van der Waals surface area contributed by atoms with Crippen molar-refractivity contribution in [1.82, 2.24) is 9.21 Å². The van der Waals surface area contributed by atoms with Crippen LogP contribution in [0.1, 0.15) is 36.8 Å². The molecule has 0 aromatic heterocycles. The molecular formula is C18H24FN3O2S. The first-order valence-electron chi connectivity index (χ1n) is 8.76. The minimum absolute atomic E-state index is 0.156. The zero-order valence-electron chi connectivity index (χ0n) is 14.5. The minimum atomic E-state index is -3.10. The zero-order chi connectivity index (χ0) is 18.0. The second-order valence-electron chi connectivity index (χ2n) is 7.16. The van der Waals surface area contributed by atoms with E-state index in [1.165, 1.54) is 10.4 Å². The Kier molecular flexibility index (Phi) is 5.42. The van der Waals surface area contributed by atoms with E-state index in [0.29, 0.717) is 30.1 Å². The van der Waals surface area contributed by atoms with Crippen molar-refractivity contribution in [2.24, 2.45) is 5.92 Å². The molecule has 1 aromatic carbocycles. The molecule has 0 N–H and O–H groups in total. The van der Waals surface area contributed by atoms with Crippen molar-refractivity contribution in [2.75, 3.05) is 26.7 Å². The molecule has 0 atom stereocenters. The van der Waals surface area contributed by atoms with Crippen LogP contribution in [-0.2, 0) is 16.6 Å². The second-order valence-corrected chi connectivity index (χ2v) is 9.48. The van der Waals surface area contributed by atoms with Gasteiger partial charge in [0, 0.05) is 25.7 Å². The molecular weight excluding hydrogens is 341 g/mol. The fourth-order valence-corrected chi connectivity index (χ4v) is 5.06. The lowest BCUT2D eigenvalue weighted by Crippen LogP contribution is -2.40. The van der Waals surface area contributed by atoms with Gasteiger partial charge in [0.05, 0.1) is 16.9 Å². The highest BCUT2D eigenvalue weighted by atomic mass is 32.2. The van der Waals surface area contributed by atoms with Gasteiger partial charge in [0.2, 0.25) is 10.0 Å². The van der Waals surface area contributed by atoms with Crippen LogP contribution in [0.5, 0.6) is 0 Å². The van der Waals surface area contributed by atoms with Crippen LogP contribution in [0.3, 0.4) is 0 Å². The molecule has 25 heavy (non-hydrogen) atoms. The Morgan fingerprint density at radius 2 is 1.96 bits per heavy atom. The summed E-state index contributed by atoms with van der Waals surface area (Å²) in [7, 11) is -1.41. The van der Waals surface area contributed by atoms with Crippen molar-refractivity contribution in [3.05, 3.63) is 35.1 Å². The average Bonchev–Trinajstić information content (AvgIpc) is 3.43. The lowest BCUT2D eigenvalue weighted by Gasteiger charge is -2.33. The molecule has 7 heteroatoms. The molecule has 0 unspecified atom stereocenters. The van der Waals surface area contributed by atoms with Gasteiger partial charge in [0.25, 0.3) is 0 Å². The number of sulfonamides is 1. The van der Waals surface area contributed by atoms with Gasteiger partial charge in [-0.05, 0) is 56.8 Å². The highest BCUT2D eigenvalue weighted by Crippen LogP contribution is 2.31. The monoisotopic (exact) mass is 365 g/mol. The van der Waals surface area contributed by atoms with Crippen LogP contribution in [0.4, 0.5) is 4.39 Å². The molecule has 0 amide bonds. The first-order valence-corrected chi connectivity index (χ1v) is 10.3. The molecule has 1 heterocycles. The van der Waals surface area contributed by atoms with Gasteiger partial charge < -0.3 is 0 Å². The summed E-state index contributed by atoms with van der Waals surface area (Å²) in [5.74, 6) is 0.0250. The van der Waals surface area contributed by atoms with E-state index in [2.05, 4.69) is 4.90 Å². The third kappa shape index (κ3) is 4.38. The summed E-state index contributed by atoms with van der Waals surface area (Å²) in [5, 5.41) is 8.64. The third-order valence-corrected chi connectivity index (χ3v) is 7.51. The summed E-state index contributed by atoms with van der Waals surface area (Å²) in [5.41, 5.74) is 0.936. The molecule has 1 saturated heterocycles. The van der Waals surface area contributed by atoms with E-state index < -0.39 is 10.0 Å². The van der Waals surface area contributed by atoms with Gasteiger partial charge >= 0.3 is 0 Å². The van der Waals surface area contributed by atoms with Crippen LogP contribution in [-0.4, -0.2) is 49.6 Å². The SMILES string of the molecule is CN(CC1CCN(Cc2ccc(C#N)cc2F)CC1)S(=O)(=O)C1CC1. The van der Waals surface area contributed by atoms with Crippen LogP contribution < -0.4 is 0 Å². The smallest absolute Gasteiger partial charge is 0.216 e. The summed E-state index contributed by atoms with van der Waals surface area (Å²) in [6.45, 7) is 2.78. The normalized spacial score (nSPS) is 19.9. The van der Waals surface area contributed by atoms with Gasteiger partial charge in [-0.25, -0.2) is 17.1 Å². The first-order chi connectivity index (χ1) is 11.9. The Labute approximate surface area is 149 Å². The predicted molar refractivity (Wildman–Crippen MR) is 93.7 cm³/mol. The zero-order valence-corrected chi connectivity index (χ0v) is 15.3. The number of likely N-dealkylation sites (tertiary alicyclic amines) is 1. The van der Waals surface area contributed by atoms with E-state index in [-0.39, 0.29) is 11.1 Å². The number of halogens is 1. The fourth-order valence-electron chi connectivity index (χ4n) is 3.40. The molecule has 0 bridgehead atoms. The van der Waals surface area contributed by atoms with E-state index in [1.807, 2.05) is 6.07 Å². The highest BCUT2D eigenvalue weighted by Gasteiger charge is 2.39. The second kappa shape index (κ2) is 7.40. The number of rotatable bonds is 6. The van der Waals surface area contributed by atoms with Crippen molar-refractivity contribution in [2.45, 2.75) is 37.5 Å². The van der Waals surface area contributed by atoms with Crippen LogP contribution >= 0.6 is 0 Å². The van der Waals surface area contributed by atoms with Crippen molar-refractivity contribution < 1.29 is 12.8 Å². The Balaban J connectivity index is 1.50. The lowest BCUT2D eigenvalue weighted by molar-refractivity contribution is 0.164. The van der Waals surface area contributed by atoms with E-state index in [4.69, 9.17) is 5.26 Å². The van der Waals surface area contributed by atoms with E-state index in [1.54, 1.807) is 19.2 Å². The van der Waals surface area contributed by atoms with E-state index in [0.717, 1.165) is 38.8 Å². The topological polar surface area (TPSA) is 64.4 Å².